The molecule has 1 aliphatic heterocycles. The number of aromatic nitrogens is 4. The molecule has 4 rings (SSSR count). The minimum Gasteiger partial charge on any atom is -0.370 e. The highest BCUT2D eigenvalue weighted by molar-refractivity contribution is 5.55. The fourth-order valence-corrected chi connectivity index (χ4v) is 3.20. The van der Waals surface area contributed by atoms with Gasteiger partial charge in [0, 0.05) is 25.9 Å². The van der Waals surface area contributed by atoms with Gasteiger partial charge in [-0.25, -0.2) is 15.0 Å². The predicted molar refractivity (Wildman–Crippen MR) is 103 cm³/mol. The SMILES string of the molecule is Cc1ccc([C@H]2CN(c3nc(-c4ccncn4)cc(=O)n3C)CCO2)cc1. The standard InChI is InChI=1S/C20H21N5O2/c1-14-3-5-15(6-4-14)18-12-25(9-10-27-18)20-23-17(11-19(26)24(20)2)16-7-8-21-13-22-16/h3-8,11,13,18H,9-10,12H2,1-2H3/t18-/m1/s1. The van der Waals surface area contributed by atoms with Crippen LogP contribution in [0.1, 0.15) is 17.2 Å². The number of anilines is 1. The minimum absolute atomic E-state index is 0.0565. The first-order chi connectivity index (χ1) is 13.1. The molecule has 7 nitrogen and oxygen atoms in total. The maximum atomic E-state index is 12.5. The van der Waals surface area contributed by atoms with Gasteiger partial charge < -0.3 is 9.64 Å². The van der Waals surface area contributed by atoms with Gasteiger partial charge in [-0.3, -0.25) is 9.36 Å². The van der Waals surface area contributed by atoms with Gasteiger partial charge in [-0.2, -0.15) is 0 Å². The second-order valence-electron chi connectivity index (χ2n) is 6.65. The number of rotatable bonds is 3. The molecule has 1 atom stereocenters. The van der Waals surface area contributed by atoms with Gasteiger partial charge in [-0.1, -0.05) is 29.8 Å². The van der Waals surface area contributed by atoms with Crippen LogP contribution in [0.4, 0.5) is 5.95 Å². The molecule has 7 heteroatoms. The van der Waals surface area contributed by atoms with Crippen molar-refractivity contribution >= 4 is 5.95 Å². The Morgan fingerprint density at radius 3 is 2.70 bits per heavy atom. The average Bonchev–Trinajstić information content (AvgIpc) is 2.71. The van der Waals surface area contributed by atoms with E-state index in [1.54, 1.807) is 23.9 Å². The highest BCUT2D eigenvalue weighted by Gasteiger charge is 2.25. The lowest BCUT2D eigenvalue weighted by atomic mass is 10.1. The van der Waals surface area contributed by atoms with Gasteiger partial charge in [0.25, 0.3) is 5.56 Å². The van der Waals surface area contributed by atoms with E-state index in [1.807, 2.05) is 0 Å². The van der Waals surface area contributed by atoms with Crippen molar-refractivity contribution in [2.75, 3.05) is 24.6 Å². The summed E-state index contributed by atoms with van der Waals surface area (Å²) in [5.41, 5.74) is 3.41. The summed E-state index contributed by atoms with van der Waals surface area (Å²) >= 11 is 0. The quantitative estimate of drug-likeness (QED) is 0.710. The van der Waals surface area contributed by atoms with E-state index in [-0.39, 0.29) is 11.7 Å². The lowest BCUT2D eigenvalue weighted by molar-refractivity contribution is 0.0390. The van der Waals surface area contributed by atoms with Crippen molar-refractivity contribution in [3.05, 3.63) is 70.4 Å². The zero-order valence-electron chi connectivity index (χ0n) is 15.4. The van der Waals surface area contributed by atoms with E-state index in [0.717, 1.165) is 5.56 Å². The minimum atomic E-state index is -0.119. The molecule has 3 heterocycles. The highest BCUT2D eigenvalue weighted by atomic mass is 16.5. The average molecular weight is 363 g/mol. The van der Waals surface area contributed by atoms with E-state index in [0.29, 0.717) is 37.0 Å². The van der Waals surface area contributed by atoms with E-state index in [1.165, 1.54) is 18.0 Å². The van der Waals surface area contributed by atoms with Crippen molar-refractivity contribution in [1.29, 1.82) is 0 Å². The maximum Gasteiger partial charge on any atom is 0.255 e. The molecule has 1 aliphatic rings. The summed E-state index contributed by atoms with van der Waals surface area (Å²) in [7, 11) is 1.74. The molecule has 0 saturated carbocycles. The van der Waals surface area contributed by atoms with E-state index in [4.69, 9.17) is 9.72 Å². The van der Waals surface area contributed by atoms with Crippen LogP contribution >= 0.6 is 0 Å². The third-order valence-corrected chi connectivity index (χ3v) is 4.75. The van der Waals surface area contributed by atoms with Crippen LogP contribution in [-0.4, -0.2) is 39.2 Å². The largest absolute Gasteiger partial charge is 0.370 e. The van der Waals surface area contributed by atoms with Gasteiger partial charge >= 0.3 is 0 Å². The summed E-state index contributed by atoms with van der Waals surface area (Å²) in [4.78, 5) is 27.4. The molecule has 3 aromatic rings. The lowest BCUT2D eigenvalue weighted by Crippen LogP contribution is -2.41. The first-order valence-corrected chi connectivity index (χ1v) is 8.89. The zero-order valence-corrected chi connectivity index (χ0v) is 15.4. The number of ether oxygens (including phenoxy) is 1. The van der Waals surface area contributed by atoms with Crippen LogP contribution < -0.4 is 10.5 Å². The Morgan fingerprint density at radius 2 is 1.96 bits per heavy atom. The number of hydrogen-bond donors (Lipinski definition) is 0. The molecule has 0 aliphatic carbocycles. The monoisotopic (exact) mass is 363 g/mol. The summed E-state index contributed by atoms with van der Waals surface area (Å²) in [6.07, 6.45) is 3.04. The van der Waals surface area contributed by atoms with Gasteiger partial charge in [0.05, 0.1) is 24.5 Å². The molecular weight excluding hydrogens is 342 g/mol. The summed E-state index contributed by atoms with van der Waals surface area (Å²) in [5, 5.41) is 0. The highest BCUT2D eigenvalue weighted by Crippen LogP contribution is 2.25. The molecule has 0 amide bonds. The predicted octanol–water partition coefficient (Wildman–Crippen LogP) is 2.12. The molecule has 1 fully saturated rings. The molecule has 27 heavy (non-hydrogen) atoms. The second kappa shape index (κ2) is 7.28. The van der Waals surface area contributed by atoms with Crippen LogP contribution in [0.2, 0.25) is 0 Å². The van der Waals surface area contributed by atoms with Crippen LogP contribution in [0.3, 0.4) is 0 Å². The van der Waals surface area contributed by atoms with Gasteiger partial charge in [-0.05, 0) is 18.6 Å². The van der Waals surface area contributed by atoms with Gasteiger partial charge in [0.1, 0.15) is 12.4 Å². The molecule has 0 N–H and O–H groups in total. The summed E-state index contributed by atoms with van der Waals surface area (Å²) in [6.45, 7) is 3.95. The third kappa shape index (κ3) is 3.59. The smallest absolute Gasteiger partial charge is 0.255 e. The normalized spacial score (nSPS) is 17.1. The van der Waals surface area contributed by atoms with Crippen molar-refractivity contribution in [1.82, 2.24) is 19.5 Å². The van der Waals surface area contributed by atoms with E-state index >= 15 is 0 Å². The van der Waals surface area contributed by atoms with E-state index in [2.05, 4.69) is 46.1 Å². The Labute approximate surface area is 157 Å². The summed E-state index contributed by atoms with van der Waals surface area (Å²) in [5.74, 6) is 0.622. The van der Waals surface area contributed by atoms with Crippen LogP contribution in [0, 0.1) is 6.92 Å². The van der Waals surface area contributed by atoms with E-state index in [9.17, 15) is 4.79 Å². The maximum absolute atomic E-state index is 12.5. The molecule has 0 unspecified atom stereocenters. The Bertz CT molecular complexity index is 986. The van der Waals surface area contributed by atoms with Crippen molar-refractivity contribution in [3.63, 3.8) is 0 Å². The molecule has 0 radical (unpaired) electrons. The van der Waals surface area contributed by atoms with Gasteiger partial charge in [0.2, 0.25) is 5.95 Å². The van der Waals surface area contributed by atoms with Gasteiger partial charge in [-0.15, -0.1) is 0 Å². The number of nitrogens with zero attached hydrogens (tertiary/aromatic N) is 5. The van der Waals surface area contributed by atoms with Crippen molar-refractivity contribution in [2.24, 2.45) is 7.05 Å². The van der Waals surface area contributed by atoms with Crippen molar-refractivity contribution in [2.45, 2.75) is 13.0 Å². The Kier molecular flexibility index (Phi) is 4.68. The topological polar surface area (TPSA) is 73.1 Å². The molecule has 1 saturated heterocycles. The van der Waals surface area contributed by atoms with Gasteiger partial charge in [0.15, 0.2) is 0 Å². The third-order valence-electron chi connectivity index (χ3n) is 4.75. The fraction of sp³-hybridized carbons (Fsp3) is 0.300. The fourth-order valence-electron chi connectivity index (χ4n) is 3.20. The van der Waals surface area contributed by atoms with Crippen molar-refractivity contribution < 1.29 is 4.74 Å². The molecule has 138 valence electrons. The first kappa shape index (κ1) is 17.4. The number of benzene rings is 1. The Balaban J connectivity index is 1.67. The molecule has 2 aromatic heterocycles. The molecule has 1 aromatic carbocycles. The van der Waals surface area contributed by atoms with Crippen LogP contribution in [0.5, 0.6) is 0 Å². The molecule has 0 spiro atoms. The molecular formula is C20H21N5O2. The first-order valence-electron chi connectivity index (χ1n) is 8.89. The second-order valence-corrected chi connectivity index (χ2v) is 6.65. The Morgan fingerprint density at radius 1 is 1.15 bits per heavy atom. The lowest BCUT2D eigenvalue weighted by Gasteiger charge is -2.34. The number of morpholine rings is 1. The zero-order chi connectivity index (χ0) is 18.8. The molecule has 0 bridgehead atoms. The van der Waals surface area contributed by atoms with Crippen LogP contribution in [0.25, 0.3) is 11.4 Å². The van der Waals surface area contributed by atoms with Crippen LogP contribution in [-0.2, 0) is 11.8 Å². The Hall–Kier alpha value is -3.06. The summed E-state index contributed by atoms with van der Waals surface area (Å²) in [6, 6.07) is 11.6. The van der Waals surface area contributed by atoms with Crippen LogP contribution in [0.15, 0.2) is 53.7 Å². The van der Waals surface area contributed by atoms with E-state index < -0.39 is 0 Å². The van der Waals surface area contributed by atoms with Crippen molar-refractivity contribution in [3.8, 4) is 11.4 Å². The number of aryl methyl sites for hydroxylation is 1. The number of hydrogen-bond acceptors (Lipinski definition) is 6. The summed E-state index contributed by atoms with van der Waals surface area (Å²) < 4.78 is 7.53.